The molecule has 0 amide bonds. The zero-order valence-electron chi connectivity index (χ0n) is 35.4. The van der Waals surface area contributed by atoms with Crippen molar-refractivity contribution in [3.8, 4) is 33.9 Å². The first kappa shape index (κ1) is 36.5. The fourth-order valence-corrected chi connectivity index (χ4v) is 10.5. The zero-order valence-corrected chi connectivity index (χ0v) is 35.4. The largest absolute Gasteiger partial charge is 0.456 e. The van der Waals surface area contributed by atoms with Crippen molar-refractivity contribution in [3.05, 3.63) is 199 Å². The minimum atomic E-state index is 0.316. The van der Waals surface area contributed by atoms with Crippen molar-refractivity contribution in [1.29, 1.82) is 0 Å². The summed E-state index contributed by atoms with van der Waals surface area (Å²) in [6, 6.07) is 62.5. The van der Waals surface area contributed by atoms with Crippen LogP contribution in [0.25, 0.3) is 121 Å². The lowest BCUT2D eigenvalue weighted by atomic mass is 9.81. The van der Waals surface area contributed by atoms with Crippen LogP contribution in [-0.2, 0) is 0 Å². The van der Waals surface area contributed by atoms with Crippen molar-refractivity contribution in [1.82, 2.24) is 4.98 Å². The highest BCUT2D eigenvalue weighted by molar-refractivity contribution is 6.22. The lowest BCUT2D eigenvalue weighted by molar-refractivity contribution is -0.510. The van der Waals surface area contributed by atoms with Crippen LogP contribution in [0.15, 0.2) is 196 Å². The van der Waals surface area contributed by atoms with Gasteiger partial charge in [-0.05, 0) is 128 Å². The summed E-state index contributed by atoms with van der Waals surface area (Å²) in [5.74, 6) is 2.75. The molecule has 2 N–H and O–H groups in total. The van der Waals surface area contributed by atoms with Crippen LogP contribution in [0.1, 0.15) is 31.7 Å². The van der Waals surface area contributed by atoms with E-state index in [1.54, 1.807) is 0 Å². The smallest absolute Gasteiger partial charge is 0.401 e. The molecule has 0 fully saturated rings. The number of H-pyrrole nitrogens is 2. The quantitative estimate of drug-likeness (QED) is 0.162. The molecule has 3 aromatic heterocycles. The number of fused-ring (bicyclic) bond motifs is 11. The second kappa shape index (κ2) is 14.2. The minimum Gasteiger partial charge on any atom is -0.456 e. The van der Waals surface area contributed by atoms with Crippen molar-refractivity contribution in [3.63, 3.8) is 0 Å². The summed E-state index contributed by atoms with van der Waals surface area (Å²) < 4.78 is 13.1. The lowest BCUT2D eigenvalue weighted by Gasteiger charge is -2.21. The molecule has 0 saturated heterocycles. The van der Waals surface area contributed by atoms with E-state index < -0.39 is 0 Å². The number of aromatic nitrogens is 3. The Kier molecular flexibility index (Phi) is 8.10. The van der Waals surface area contributed by atoms with E-state index in [1.807, 2.05) is 24.3 Å². The molecule has 12 aromatic rings. The third kappa shape index (κ3) is 5.67. The van der Waals surface area contributed by atoms with Crippen molar-refractivity contribution >= 4 is 87.3 Å². The summed E-state index contributed by atoms with van der Waals surface area (Å²) >= 11 is 0. The number of hydrogen-bond acceptors (Lipinski definition) is 3. The first-order valence-corrected chi connectivity index (χ1v) is 22.1. The Balaban J connectivity index is 1.03. The monoisotopic (exact) mass is 823 g/mol. The molecule has 1 aliphatic rings. The highest BCUT2D eigenvalue weighted by atomic mass is 16.3. The molecule has 13 rings (SSSR count). The minimum absolute atomic E-state index is 0.316. The van der Waals surface area contributed by atoms with E-state index in [2.05, 4.69) is 182 Å². The molecule has 0 saturated carbocycles. The van der Waals surface area contributed by atoms with Crippen LogP contribution >= 0.6 is 0 Å². The molecule has 0 spiro atoms. The number of aromatic amines is 2. The van der Waals surface area contributed by atoms with E-state index >= 15 is 0 Å². The molecule has 0 bridgehead atoms. The van der Waals surface area contributed by atoms with Crippen LogP contribution in [-0.4, -0.2) is 4.98 Å². The summed E-state index contributed by atoms with van der Waals surface area (Å²) in [7, 11) is 0. The molecule has 5 nitrogen and oxygen atoms in total. The van der Waals surface area contributed by atoms with Gasteiger partial charge in [-0.1, -0.05) is 140 Å². The van der Waals surface area contributed by atoms with E-state index in [9.17, 15) is 0 Å². The van der Waals surface area contributed by atoms with Gasteiger partial charge in [0.15, 0.2) is 0 Å². The van der Waals surface area contributed by atoms with Gasteiger partial charge in [0.1, 0.15) is 22.3 Å². The maximum atomic E-state index is 6.73. The lowest BCUT2D eigenvalue weighted by Crippen LogP contribution is -2.30. The number of para-hydroxylation sites is 1. The predicted molar refractivity (Wildman–Crippen MR) is 262 cm³/mol. The summed E-state index contributed by atoms with van der Waals surface area (Å²) in [4.78, 5) is 13.0. The fraction of sp³-hybridized carbons (Fsp3) is 0.0678. The van der Waals surface area contributed by atoms with Crippen molar-refractivity contribution in [2.45, 2.75) is 20.3 Å². The third-order valence-corrected chi connectivity index (χ3v) is 13.3. The van der Waals surface area contributed by atoms with Gasteiger partial charge in [0, 0.05) is 21.5 Å². The van der Waals surface area contributed by atoms with Crippen molar-refractivity contribution in [2.75, 3.05) is 0 Å². The summed E-state index contributed by atoms with van der Waals surface area (Å²) in [6.45, 7) is 4.57. The molecule has 1 unspecified atom stereocenters. The van der Waals surface area contributed by atoms with E-state index in [0.717, 1.165) is 101 Å². The number of hydrogen-bond donors (Lipinski definition) is 0. The average molecular weight is 824 g/mol. The van der Waals surface area contributed by atoms with Crippen LogP contribution in [0, 0.1) is 5.92 Å². The Morgan fingerprint density at radius 1 is 0.469 bits per heavy atom. The number of nitrogens with one attached hydrogen (secondary N) is 2. The topological polar surface area (TPSA) is 67.5 Å². The molecule has 1 atom stereocenters. The second-order valence-corrected chi connectivity index (χ2v) is 17.3. The molecule has 64 heavy (non-hydrogen) atoms. The third-order valence-electron chi connectivity index (χ3n) is 13.3. The number of furan rings is 2. The van der Waals surface area contributed by atoms with Crippen LogP contribution in [0.2, 0.25) is 0 Å². The van der Waals surface area contributed by atoms with Crippen LogP contribution in [0.5, 0.6) is 0 Å². The highest BCUT2D eigenvalue weighted by Crippen LogP contribution is 2.46. The van der Waals surface area contributed by atoms with Crippen LogP contribution in [0.3, 0.4) is 0 Å². The van der Waals surface area contributed by atoms with E-state index in [1.165, 1.54) is 43.5 Å². The Labute approximate surface area is 368 Å². The summed E-state index contributed by atoms with van der Waals surface area (Å²) in [6.07, 6.45) is 3.35. The Morgan fingerprint density at radius 2 is 1.11 bits per heavy atom. The fourth-order valence-electron chi connectivity index (χ4n) is 10.5. The molecule has 1 aliphatic carbocycles. The first-order valence-electron chi connectivity index (χ1n) is 22.1. The van der Waals surface area contributed by atoms with E-state index in [-0.39, 0.29) is 0 Å². The van der Waals surface area contributed by atoms with Gasteiger partial charge < -0.3 is 8.83 Å². The number of benzene rings is 9. The van der Waals surface area contributed by atoms with Crippen LogP contribution in [0.4, 0.5) is 0 Å². The van der Waals surface area contributed by atoms with Gasteiger partial charge in [-0.15, -0.1) is 0 Å². The molecular weight excluding hydrogens is 783 g/mol. The number of nitrogens with zero attached hydrogens (tertiary/aromatic N) is 1. The summed E-state index contributed by atoms with van der Waals surface area (Å²) in [5.41, 5.74) is 12.4. The maximum absolute atomic E-state index is 6.73. The predicted octanol–water partition coefficient (Wildman–Crippen LogP) is 14.9. The van der Waals surface area contributed by atoms with Crippen molar-refractivity contribution < 1.29 is 18.8 Å². The summed E-state index contributed by atoms with van der Waals surface area (Å²) in [5, 5.41) is 11.8. The van der Waals surface area contributed by atoms with E-state index in [4.69, 9.17) is 13.8 Å². The molecule has 0 aliphatic heterocycles. The van der Waals surface area contributed by atoms with Gasteiger partial charge in [0.05, 0.1) is 21.7 Å². The average Bonchev–Trinajstić information content (AvgIpc) is 3.92. The maximum Gasteiger partial charge on any atom is 0.401 e. The SMILES string of the molecule is CC1=C(c2nc(-c3ccccc3)[nH+]c(-c3cccc4oc5ccccc5c34)[nH+]2)C(c2cccc3oc4ccc(-c5cc6c7ccccc7ccc6c6ccccc56)cc4c23)=CC(C)C1. The molecule has 302 valence electrons. The van der Waals surface area contributed by atoms with Crippen molar-refractivity contribution in [2.24, 2.45) is 5.92 Å². The standard InChI is InChI=1S/C59H39N3O2/c1-34-30-35(2)54(59-61-57(37-15-4-3-5-16-37)60-58(62-59)45-22-13-25-53-56(45)44-20-10-11-23-50(44)63-53)48(31-34)43-21-12-24-52-55(43)49-32-38(27-29-51(49)64-52)46-33-47-39-17-7-6-14-36(39)26-28-42(47)40-18-8-9-19-41(40)46/h3-29,31-34H,30H2,1-2H3/p+2. The highest BCUT2D eigenvalue weighted by Gasteiger charge is 2.34. The molecule has 5 heteroatoms. The first-order chi connectivity index (χ1) is 31.5. The van der Waals surface area contributed by atoms with Gasteiger partial charge in [0.25, 0.3) is 0 Å². The Morgan fingerprint density at radius 3 is 1.94 bits per heavy atom. The normalized spacial score (nSPS) is 14.5. The Hall–Kier alpha value is -8.15. The van der Waals surface area contributed by atoms with Gasteiger partial charge in [-0.3, -0.25) is 0 Å². The van der Waals surface area contributed by atoms with E-state index in [0.29, 0.717) is 5.92 Å². The molecular formula is C59H41N3O2+2. The number of rotatable bonds is 5. The van der Waals surface area contributed by atoms with Gasteiger partial charge in [-0.25, -0.2) is 0 Å². The molecule has 3 heterocycles. The molecule has 0 radical (unpaired) electrons. The van der Waals surface area contributed by atoms with Crippen LogP contribution < -0.4 is 9.97 Å². The number of allylic oxidation sites excluding steroid dienone is 4. The van der Waals surface area contributed by atoms with Gasteiger partial charge >= 0.3 is 17.5 Å². The van der Waals surface area contributed by atoms with Gasteiger partial charge in [0.2, 0.25) is 0 Å². The Bertz CT molecular complexity index is 3960. The van der Waals surface area contributed by atoms with Gasteiger partial charge in [-0.2, -0.15) is 9.97 Å². The zero-order chi connectivity index (χ0) is 42.5. The molecule has 9 aromatic carbocycles. The second-order valence-electron chi connectivity index (χ2n) is 17.3.